The van der Waals surface area contributed by atoms with E-state index in [-0.39, 0.29) is 5.69 Å². The first-order valence-electron chi connectivity index (χ1n) is 7.24. The number of furan rings is 1. The fourth-order valence-electron chi connectivity index (χ4n) is 2.13. The Morgan fingerprint density at radius 3 is 2.48 bits per heavy atom. The second-order valence-corrected chi connectivity index (χ2v) is 6.07. The number of hydrogen-bond donors (Lipinski definition) is 1. The molecule has 0 saturated heterocycles. The molecule has 0 atom stereocenters. The van der Waals surface area contributed by atoms with Crippen LogP contribution in [0.1, 0.15) is 11.3 Å². The molecule has 0 bridgehead atoms. The minimum atomic E-state index is -4.39. The topological polar surface area (TPSA) is 37.5 Å². The number of hydrogen-bond acceptors (Lipinski definition) is 3. The van der Waals surface area contributed by atoms with Gasteiger partial charge in [0, 0.05) is 10.0 Å². The molecule has 0 spiro atoms. The lowest BCUT2D eigenvalue weighted by Crippen LogP contribution is -2.05. The fourth-order valence-corrected chi connectivity index (χ4v) is 2.39. The van der Waals surface area contributed by atoms with Crippen molar-refractivity contribution in [2.45, 2.75) is 6.18 Å². The fraction of sp³-hybridized carbons (Fsp3) is 0.0556. The zero-order valence-electron chi connectivity index (χ0n) is 12.7. The summed E-state index contributed by atoms with van der Waals surface area (Å²) in [6.07, 6.45) is -2.98. The highest BCUT2D eigenvalue weighted by Gasteiger charge is 2.30. The second-order valence-electron chi connectivity index (χ2n) is 5.16. The molecule has 0 unspecified atom stereocenters. The first kappa shape index (κ1) is 17.3. The van der Waals surface area contributed by atoms with Gasteiger partial charge in [-0.05, 0) is 42.5 Å². The lowest BCUT2D eigenvalue weighted by molar-refractivity contribution is -0.137. The summed E-state index contributed by atoms with van der Waals surface area (Å²) in [4.78, 5) is 0. The van der Waals surface area contributed by atoms with Gasteiger partial charge in [-0.2, -0.15) is 18.3 Å². The Labute approximate surface area is 150 Å². The molecule has 1 heterocycles. The van der Waals surface area contributed by atoms with Crippen molar-refractivity contribution in [2.24, 2.45) is 5.10 Å². The van der Waals surface area contributed by atoms with Crippen LogP contribution in [0, 0.1) is 0 Å². The highest BCUT2D eigenvalue weighted by atomic mass is 79.9. The first-order chi connectivity index (χ1) is 11.9. The lowest BCUT2D eigenvalue weighted by atomic mass is 10.2. The van der Waals surface area contributed by atoms with Crippen molar-refractivity contribution in [3.05, 3.63) is 76.5 Å². The Balaban J connectivity index is 1.68. The third-order valence-corrected chi connectivity index (χ3v) is 3.86. The minimum absolute atomic E-state index is 0.241. The summed E-state index contributed by atoms with van der Waals surface area (Å²) < 4.78 is 44.6. The molecule has 25 heavy (non-hydrogen) atoms. The number of alkyl halides is 3. The van der Waals surface area contributed by atoms with E-state index in [2.05, 4.69) is 26.5 Å². The third-order valence-electron chi connectivity index (χ3n) is 3.33. The monoisotopic (exact) mass is 408 g/mol. The van der Waals surface area contributed by atoms with E-state index in [4.69, 9.17) is 4.42 Å². The number of rotatable bonds is 4. The standard InChI is InChI=1S/C18H12BrF3N2O/c19-14-6-4-12(5-7-14)17-9-8-16(25-17)11-23-24-15-3-1-2-13(10-15)18(20,21)22/h1-11,24H/b23-11-. The number of anilines is 1. The predicted molar refractivity (Wildman–Crippen MR) is 94.5 cm³/mol. The van der Waals surface area contributed by atoms with Crippen molar-refractivity contribution in [1.29, 1.82) is 0 Å². The van der Waals surface area contributed by atoms with E-state index in [9.17, 15) is 13.2 Å². The minimum Gasteiger partial charge on any atom is -0.455 e. The number of nitrogens with zero attached hydrogens (tertiary/aromatic N) is 1. The quantitative estimate of drug-likeness (QED) is 0.413. The molecule has 0 aliphatic rings. The van der Waals surface area contributed by atoms with Crippen molar-refractivity contribution in [3.8, 4) is 11.3 Å². The number of benzene rings is 2. The molecule has 1 N–H and O–H groups in total. The number of nitrogens with one attached hydrogen (secondary N) is 1. The Morgan fingerprint density at radius 2 is 1.76 bits per heavy atom. The molecule has 0 aliphatic heterocycles. The molecule has 1 aromatic heterocycles. The van der Waals surface area contributed by atoms with Gasteiger partial charge in [0.2, 0.25) is 0 Å². The molecular weight excluding hydrogens is 397 g/mol. The zero-order valence-corrected chi connectivity index (χ0v) is 14.3. The SMILES string of the molecule is FC(F)(F)c1cccc(N/N=C\c2ccc(-c3ccc(Br)cc3)o2)c1. The molecule has 0 fully saturated rings. The largest absolute Gasteiger partial charge is 0.455 e. The van der Waals surface area contributed by atoms with Crippen molar-refractivity contribution in [1.82, 2.24) is 0 Å². The van der Waals surface area contributed by atoms with Gasteiger partial charge < -0.3 is 4.42 Å². The molecule has 128 valence electrons. The van der Waals surface area contributed by atoms with Crippen LogP contribution in [0.5, 0.6) is 0 Å². The molecule has 3 aromatic rings. The van der Waals surface area contributed by atoms with Gasteiger partial charge in [0.1, 0.15) is 11.5 Å². The molecule has 0 amide bonds. The lowest BCUT2D eigenvalue weighted by Gasteiger charge is -2.07. The van der Waals surface area contributed by atoms with Crippen LogP contribution in [0.25, 0.3) is 11.3 Å². The van der Waals surface area contributed by atoms with E-state index in [1.807, 2.05) is 24.3 Å². The summed E-state index contributed by atoms with van der Waals surface area (Å²) in [5, 5.41) is 3.91. The van der Waals surface area contributed by atoms with Crippen LogP contribution in [-0.4, -0.2) is 6.21 Å². The van der Waals surface area contributed by atoms with Gasteiger partial charge in [-0.15, -0.1) is 0 Å². The van der Waals surface area contributed by atoms with E-state index in [1.165, 1.54) is 18.3 Å². The van der Waals surface area contributed by atoms with Gasteiger partial charge in [0.15, 0.2) is 0 Å². The van der Waals surface area contributed by atoms with Gasteiger partial charge >= 0.3 is 6.18 Å². The molecule has 7 heteroatoms. The van der Waals surface area contributed by atoms with E-state index >= 15 is 0 Å². The maximum Gasteiger partial charge on any atom is 0.416 e. The van der Waals surface area contributed by atoms with Gasteiger partial charge in [0.05, 0.1) is 17.5 Å². The van der Waals surface area contributed by atoms with Crippen molar-refractivity contribution in [3.63, 3.8) is 0 Å². The van der Waals surface area contributed by atoms with Crippen LogP contribution in [0.15, 0.2) is 74.7 Å². The van der Waals surface area contributed by atoms with Crippen LogP contribution in [0.3, 0.4) is 0 Å². The average molecular weight is 409 g/mol. The van der Waals surface area contributed by atoms with Gasteiger partial charge in [0.25, 0.3) is 0 Å². The summed E-state index contributed by atoms with van der Waals surface area (Å²) in [6, 6.07) is 16.0. The average Bonchev–Trinajstić information content (AvgIpc) is 3.04. The molecule has 0 aliphatic carbocycles. The van der Waals surface area contributed by atoms with Gasteiger partial charge in [-0.1, -0.05) is 34.1 Å². The number of hydrazone groups is 1. The Kier molecular flexibility index (Phi) is 4.94. The van der Waals surface area contributed by atoms with Crippen LogP contribution >= 0.6 is 15.9 Å². The van der Waals surface area contributed by atoms with Crippen LogP contribution in [0.4, 0.5) is 18.9 Å². The van der Waals surface area contributed by atoms with E-state index in [1.54, 1.807) is 12.1 Å². The van der Waals surface area contributed by atoms with Crippen LogP contribution < -0.4 is 5.43 Å². The normalized spacial score (nSPS) is 11.8. The zero-order chi connectivity index (χ0) is 17.9. The third kappa shape index (κ3) is 4.51. The van der Waals surface area contributed by atoms with E-state index in [0.717, 1.165) is 22.2 Å². The van der Waals surface area contributed by atoms with Crippen molar-refractivity contribution < 1.29 is 17.6 Å². The Bertz CT molecular complexity index is 886. The molecule has 2 aromatic carbocycles. The van der Waals surface area contributed by atoms with E-state index < -0.39 is 11.7 Å². The maximum atomic E-state index is 12.7. The predicted octanol–water partition coefficient (Wildman–Crippen LogP) is 6.17. The molecule has 3 rings (SSSR count). The summed E-state index contributed by atoms with van der Waals surface area (Å²) in [6.45, 7) is 0. The highest BCUT2D eigenvalue weighted by Crippen LogP contribution is 2.30. The van der Waals surface area contributed by atoms with Crippen molar-refractivity contribution in [2.75, 3.05) is 5.43 Å². The number of halogens is 4. The molecule has 3 nitrogen and oxygen atoms in total. The van der Waals surface area contributed by atoms with Crippen LogP contribution in [0.2, 0.25) is 0 Å². The maximum absolute atomic E-state index is 12.7. The summed E-state index contributed by atoms with van der Waals surface area (Å²) in [5.41, 5.74) is 2.98. The van der Waals surface area contributed by atoms with Gasteiger partial charge in [-0.25, -0.2) is 0 Å². The van der Waals surface area contributed by atoms with Crippen molar-refractivity contribution >= 4 is 27.8 Å². The van der Waals surface area contributed by atoms with Crippen LogP contribution in [-0.2, 0) is 6.18 Å². The summed E-state index contributed by atoms with van der Waals surface area (Å²) in [5.74, 6) is 1.16. The smallest absolute Gasteiger partial charge is 0.416 e. The summed E-state index contributed by atoms with van der Waals surface area (Å²) >= 11 is 3.37. The molecular formula is C18H12BrF3N2O. The molecule has 0 saturated carbocycles. The second kappa shape index (κ2) is 7.14. The first-order valence-corrected chi connectivity index (χ1v) is 8.03. The highest BCUT2D eigenvalue weighted by molar-refractivity contribution is 9.10. The molecule has 0 radical (unpaired) electrons. The van der Waals surface area contributed by atoms with Gasteiger partial charge in [-0.3, -0.25) is 5.43 Å². The Morgan fingerprint density at radius 1 is 1.00 bits per heavy atom. The Hall–Kier alpha value is -2.54. The summed E-state index contributed by atoms with van der Waals surface area (Å²) in [7, 11) is 0. The van der Waals surface area contributed by atoms with E-state index in [0.29, 0.717) is 11.5 Å².